The molecule has 5 heteroatoms. The zero-order valence-corrected chi connectivity index (χ0v) is 11.6. The Kier molecular flexibility index (Phi) is 5.85. The Labute approximate surface area is 111 Å². The van der Waals surface area contributed by atoms with E-state index in [0.29, 0.717) is 19.3 Å². The molecule has 0 spiro atoms. The Bertz CT molecular complexity index is 389. The second-order valence-electron chi connectivity index (χ2n) is 4.30. The average molecular weight is 269 g/mol. The average Bonchev–Trinajstić information content (AvgIpc) is 2.86. The molecule has 4 nitrogen and oxygen atoms in total. The third-order valence-corrected chi connectivity index (χ3v) is 4.00. The van der Waals surface area contributed by atoms with E-state index in [4.69, 9.17) is 5.11 Å². The van der Waals surface area contributed by atoms with E-state index in [1.807, 2.05) is 24.4 Å². The molecule has 0 fully saturated rings. The lowest BCUT2D eigenvalue weighted by Crippen LogP contribution is -2.28. The summed E-state index contributed by atoms with van der Waals surface area (Å²) in [5, 5.41) is 10.5. The van der Waals surface area contributed by atoms with Gasteiger partial charge in [0.1, 0.15) is 0 Å². The smallest absolute Gasteiger partial charge is 0.303 e. The van der Waals surface area contributed by atoms with Crippen LogP contribution in [-0.2, 0) is 9.59 Å². The maximum Gasteiger partial charge on any atom is 0.303 e. The van der Waals surface area contributed by atoms with E-state index < -0.39 is 5.97 Å². The van der Waals surface area contributed by atoms with E-state index >= 15 is 0 Å². The largest absolute Gasteiger partial charge is 0.481 e. The van der Waals surface area contributed by atoms with Crippen LogP contribution in [0.5, 0.6) is 0 Å². The summed E-state index contributed by atoms with van der Waals surface area (Å²) in [5.41, 5.74) is 0. The molecule has 1 rings (SSSR count). The van der Waals surface area contributed by atoms with Gasteiger partial charge in [-0.25, -0.2) is 0 Å². The molecule has 0 radical (unpaired) electrons. The number of carboxylic acids is 1. The Balaban J connectivity index is 2.35. The Morgan fingerprint density at radius 3 is 2.61 bits per heavy atom. The standard InChI is InChI=1S/C13H19NO3S/c1-10(11-6-5-9-18-11)14(2)12(15)7-3-4-8-13(16)17/h5-6,9-10H,3-4,7-8H2,1-2H3,(H,16,17). The highest BCUT2D eigenvalue weighted by Crippen LogP contribution is 2.24. The van der Waals surface area contributed by atoms with Crippen LogP contribution >= 0.6 is 11.3 Å². The molecule has 1 heterocycles. The number of thiophene rings is 1. The molecular formula is C13H19NO3S. The first-order valence-electron chi connectivity index (χ1n) is 6.03. The number of nitrogens with zero attached hydrogens (tertiary/aromatic N) is 1. The van der Waals surface area contributed by atoms with Crippen molar-refractivity contribution in [2.45, 2.75) is 38.6 Å². The highest BCUT2D eigenvalue weighted by Gasteiger charge is 2.17. The lowest BCUT2D eigenvalue weighted by molar-refractivity contribution is -0.137. The lowest BCUT2D eigenvalue weighted by Gasteiger charge is -2.24. The zero-order chi connectivity index (χ0) is 13.5. The normalized spacial score (nSPS) is 12.1. The highest BCUT2D eigenvalue weighted by molar-refractivity contribution is 7.10. The monoisotopic (exact) mass is 269 g/mol. The molecule has 0 bridgehead atoms. The van der Waals surface area contributed by atoms with Crippen molar-refractivity contribution in [2.24, 2.45) is 0 Å². The van der Waals surface area contributed by atoms with Crippen LogP contribution in [0.2, 0.25) is 0 Å². The molecule has 0 aliphatic rings. The first kappa shape index (κ1) is 14.7. The van der Waals surface area contributed by atoms with Crippen molar-refractivity contribution in [1.82, 2.24) is 4.90 Å². The van der Waals surface area contributed by atoms with Crippen LogP contribution in [0.4, 0.5) is 0 Å². The molecule has 1 aromatic heterocycles. The van der Waals surface area contributed by atoms with Crippen LogP contribution in [0.15, 0.2) is 17.5 Å². The van der Waals surface area contributed by atoms with Crippen LogP contribution < -0.4 is 0 Å². The van der Waals surface area contributed by atoms with Crippen molar-refractivity contribution in [3.63, 3.8) is 0 Å². The van der Waals surface area contributed by atoms with Crippen LogP contribution in [-0.4, -0.2) is 28.9 Å². The third-order valence-electron chi connectivity index (χ3n) is 2.96. The first-order valence-corrected chi connectivity index (χ1v) is 6.91. The molecule has 1 unspecified atom stereocenters. The number of carbonyl (C=O) groups is 2. The van der Waals surface area contributed by atoms with Crippen LogP contribution in [0.25, 0.3) is 0 Å². The predicted octanol–water partition coefficient (Wildman–Crippen LogP) is 2.91. The molecule has 0 aromatic carbocycles. The lowest BCUT2D eigenvalue weighted by atomic mass is 10.1. The Morgan fingerprint density at radius 1 is 1.39 bits per heavy atom. The van der Waals surface area contributed by atoms with Gasteiger partial charge in [0, 0.05) is 24.8 Å². The molecule has 1 aromatic rings. The fraction of sp³-hybridized carbons (Fsp3) is 0.538. The summed E-state index contributed by atoms with van der Waals surface area (Å²) < 4.78 is 0. The molecule has 1 atom stereocenters. The number of carboxylic acid groups (broad SMARTS) is 1. The van der Waals surface area contributed by atoms with Crippen LogP contribution in [0.3, 0.4) is 0 Å². The van der Waals surface area contributed by atoms with Gasteiger partial charge in [0.15, 0.2) is 0 Å². The summed E-state index contributed by atoms with van der Waals surface area (Å²) in [7, 11) is 1.80. The fourth-order valence-corrected chi connectivity index (χ4v) is 2.49. The van der Waals surface area contributed by atoms with Gasteiger partial charge in [0.25, 0.3) is 0 Å². The number of hydrogen-bond donors (Lipinski definition) is 1. The maximum absolute atomic E-state index is 11.9. The summed E-state index contributed by atoms with van der Waals surface area (Å²) in [6.07, 6.45) is 1.74. The van der Waals surface area contributed by atoms with Crippen molar-refractivity contribution in [3.8, 4) is 0 Å². The van der Waals surface area contributed by atoms with Gasteiger partial charge >= 0.3 is 5.97 Å². The number of unbranched alkanes of at least 4 members (excludes halogenated alkanes) is 1. The van der Waals surface area contributed by atoms with Gasteiger partial charge in [0.2, 0.25) is 5.91 Å². The summed E-state index contributed by atoms with van der Waals surface area (Å²) in [6, 6.07) is 4.07. The topological polar surface area (TPSA) is 57.6 Å². The minimum Gasteiger partial charge on any atom is -0.481 e. The van der Waals surface area contributed by atoms with Crippen molar-refractivity contribution in [2.75, 3.05) is 7.05 Å². The number of aliphatic carboxylic acids is 1. The summed E-state index contributed by atoms with van der Waals surface area (Å²) in [6.45, 7) is 2.00. The highest BCUT2D eigenvalue weighted by atomic mass is 32.1. The van der Waals surface area contributed by atoms with Crippen molar-refractivity contribution in [3.05, 3.63) is 22.4 Å². The fourth-order valence-electron chi connectivity index (χ4n) is 1.66. The molecule has 0 saturated carbocycles. The van der Waals surface area contributed by atoms with Gasteiger partial charge in [-0.05, 0) is 31.2 Å². The Hall–Kier alpha value is -1.36. The van der Waals surface area contributed by atoms with Crippen LogP contribution in [0.1, 0.15) is 43.5 Å². The van der Waals surface area contributed by atoms with Gasteiger partial charge in [0.05, 0.1) is 6.04 Å². The number of hydrogen-bond acceptors (Lipinski definition) is 3. The van der Waals surface area contributed by atoms with E-state index in [1.165, 1.54) is 0 Å². The maximum atomic E-state index is 11.9. The molecule has 18 heavy (non-hydrogen) atoms. The summed E-state index contributed by atoms with van der Waals surface area (Å²) >= 11 is 1.64. The SMILES string of the molecule is CC(c1cccs1)N(C)C(=O)CCCCC(=O)O. The third kappa shape index (κ3) is 4.49. The summed E-state index contributed by atoms with van der Waals surface area (Å²) in [4.78, 5) is 25.1. The summed E-state index contributed by atoms with van der Waals surface area (Å²) in [5.74, 6) is -0.732. The quantitative estimate of drug-likeness (QED) is 0.774. The van der Waals surface area contributed by atoms with Crippen molar-refractivity contribution >= 4 is 23.2 Å². The molecule has 0 saturated heterocycles. The number of rotatable bonds is 7. The second kappa shape index (κ2) is 7.16. The van der Waals surface area contributed by atoms with Gasteiger partial charge in [-0.3, -0.25) is 9.59 Å². The number of carbonyl (C=O) groups excluding carboxylic acids is 1. The molecule has 0 aliphatic carbocycles. The molecule has 100 valence electrons. The first-order chi connectivity index (χ1) is 8.52. The van der Waals surface area contributed by atoms with E-state index in [1.54, 1.807) is 23.3 Å². The van der Waals surface area contributed by atoms with Crippen molar-refractivity contribution in [1.29, 1.82) is 0 Å². The van der Waals surface area contributed by atoms with Gasteiger partial charge in [-0.1, -0.05) is 6.07 Å². The van der Waals surface area contributed by atoms with E-state index in [2.05, 4.69) is 0 Å². The van der Waals surface area contributed by atoms with Gasteiger partial charge in [-0.2, -0.15) is 0 Å². The predicted molar refractivity (Wildman–Crippen MR) is 71.6 cm³/mol. The number of amides is 1. The van der Waals surface area contributed by atoms with Crippen molar-refractivity contribution < 1.29 is 14.7 Å². The minimum absolute atomic E-state index is 0.0706. The molecular weight excluding hydrogens is 250 g/mol. The molecule has 1 amide bonds. The molecule has 1 N–H and O–H groups in total. The zero-order valence-electron chi connectivity index (χ0n) is 10.8. The van der Waals surface area contributed by atoms with Gasteiger partial charge in [-0.15, -0.1) is 11.3 Å². The van der Waals surface area contributed by atoms with E-state index in [0.717, 1.165) is 4.88 Å². The van der Waals surface area contributed by atoms with E-state index in [-0.39, 0.29) is 18.4 Å². The molecule has 0 aliphatic heterocycles. The minimum atomic E-state index is -0.803. The van der Waals surface area contributed by atoms with Gasteiger partial charge < -0.3 is 10.0 Å². The Morgan fingerprint density at radius 2 is 2.06 bits per heavy atom. The second-order valence-corrected chi connectivity index (χ2v) is 5.28. The van der Waals surface area contributed by atoms with E-state index in [9.17, 15) is 9.59 Å². The van der Waals surface area contributed by atoms with Crippen LogP contribution in [0, 0.1) is 0 Å².